The Balaban J connectivity index is 1.37. The van der Waals surface area contributed by atoms with Crippen molar-refractivity contribution in [2.45, 2.75) is 32.7 Å². The molecule has 0 spiro atoms. The Kier molecular flexibility index (Phi) is 5.13. The topological polar surface area (TPSA) is 81.9 Å². The van der Waals surface area contributed by atoms with Gasteiger partial charge in [-0.25, -0.2) is 9.67 Å². The van der Waals surface area contributed by atoms with E-state index in [9.17, 15) is 4.79 Å². The molecule has 0 radical (unpaired) electrons. The van der Waals surface area contributed by atoms with Crippen molar-refractivity contribution in [2.24, 2.45) is 13.0 Å². The summed E-state index contributed by atoms with van der Waals surface area (Å²) in [6.45, 7) is 5.12. The molecule has 1 saturated carbocycles. The van der Waals surface area contributed by atoms with E-state index < -0.39 is 0 Å². The molecule has 3 aromatic heterocycles. The lowest BCUT2D eigenvalue weighted by atomic mass is 10.2. The molecule has 1 N–H and O–H groups in total. The Labute approximate surface area is 167 Å². The van der Waals surface area contributed by atoms with Gasteiger partial charge in [0.25, 0.3) is 5.56 Å². The first-order valence-corrected chi connectivity index (χ1v) is 10.1. The normalized spacial score (nSPS) is 18.1. The summed E-state index contributed by atoms with van der Waals surface area (Å²) in [5.74, 6) is 1.32. The van der Waals surface area contributed by atoms with Gasteiger partial charge in [-0.05, 0) is 31.9 Å². The van der Waals surface area contributed by atoms with E-state index in [0.717, 1.165) is 22.0 Å². The minimum Gasteiger partial charge on any atom is -0.476 e. The van der Waals surface area contributed by atoms with Crippen molar-refractivity contribution in [1.29, 1.82) is 0 Å². The van der Waals surface area contributed by atoms with Gasteiger partial charge in [0.1, 0.15) is 10.7 Å². The highest BCUT2D eigenvalue weighted by molar-refractivity contribution is 7.11. The van der Waals surface area contributed by atoms with Gasteiger partial charge in [-0.15, -0.1) is 16.4 Å². The van der Waals surface area contributed by atoms with Gasteiger partial charge < -0.3 is 10.1 Å². The quantitative estimate of drug-likeness (QED) is 0.660. The predicted molar refractivity (Wildman–Crippen MR) is 109 cm³/mol. The van der Waals surface area contributed by atoms with Gasteiger partial charge in [0.15, 0.2) is 0 Å². The van der Waals surface area contributed by atoms with Gasteiger partial charge >= 0.3 is 0 Å². The highest BCUT2D eigenvalue weighted by Gasteiger charge is 2.40. The first-order chi connectivity index (χ1) is 13.5. The molecule has 2 atom stereocenters. The third kappa shape index (κ3) is 4.22. The zero-order valence-corrected chi connectivity index (χ0v) is 17.0. The molecule has 4 rings (SSSR count). The monoisotopic (exact) mass is 397 g/mol. The van der Waals surface area contributed by atoms with Crippen molar-refractivity contribution >= 4 is 17.0 Å². The van der Waals surface area contributed by atoms with Gasteiger partial charge in [0.05, 0.1) is 13.2 Å². The second-order valence-electron chi connectivity index (χ2n) is 7.22. The van der Waals surface area contributed by atoms with Gasteiger partial charge in [-0.1, -0.05) is 6.07 Å². The van der Waals surface area contributed by atoms with Crippen LogP contribution in [0.25, 0.3) is 0 Å². The molecule has 0 aliphatic heterocycles. The number of thiazole rings is 1. The molecule has 0 saturated heterocycles. The number of nitrogens with one attached hydrogen (secondary N) is 1. The zero-order chi connectivity index (χ0) is 19.7. The summed E-state index contributed by atoms with van der Waals surface area (Å²) < 4.78 is 7.19. The van der Waals surface area contributed by atoms with Crippen LogP contribution >= 0.6 is 11.3 Å². The fourth-order valence-corrected chi connectivity index (χ4v) is 3.84. The molecule has 146 valence electrons. The average Bonchev–Trinajstić information content (AvgIpc) is 3.34. The number of anilines is 1. The molecule has 3 aromatic rings. The standard InChI is InChI=1S/C20H23N5O2S/c1-12-4-5-16(21-8-12)15-6-14(15)11-27-18-7-17(20(26)25(3)24-18)22-10-19-23-9-13(2)28-19/h4-5,7-9,14-15,22H,6,10-11H2,1-3H3/t14?,15-/m0/s1. The lowest BCUT2D eigenvalue weighted by Crippen LogP contribution is -2.24. The summed E-state index contributed by atoms with van der Waals surface area (Å²) in [6.07, 6.45) is 4.80. The van der Waals surface area contributed by atoms with E-state index in [1.807, 2.05) is 26.2 Å². The Bertz CT molecular complexity index is 1030. The molecule has 1 aliphatic carbocycles. The number of rotatable bonds is 7. The molecule has 1 unspecified atom stereocenters. The van der Waals surface area contributed by atoms with Crippen molar-refractivity contribution in [3.8, 4) is 5.88 Å². The summed E-state index contributed by atoms with van der Waals surface area (Å²) >= 11 is 1.61. The maximum absolute atomic E-state index is 12.3. The minimum atomic E-state index is -0.186. The summed E-state index contributed by atoms with van der Waals surface area (Å²) in [5, 5.41) is 8.30. The number of pyridine rings is 1. The Morgan fingerprint density at radius 1 is 1.29 bits per heavy atom. The van der Waals surface area contributed by atoms with Crippen LogP contribution in [0.15, 0.2) is 35.4 Å². The first kappa shape index (κ1) is 18.6. The molecule has 1 aliphatic rings. The molecule has 1 fully saturated rings. The van der Waals surface area contributed by atoms with E-state index in [0.29, 0.717) is 36.6 Å². The molecule has 7 nitrogen and oxygen atoms in total. The van der Waals surface area contributed by atoms with Crippen LogP contribution in [0.4, 0.5) is 5.69 Å². The van der Waals surface area contributed by atoms with Gasteiger partial charge in [0.2, 0.25) is 5.88 Å². The van der Waals surface area contributed by atoms with Gasteiger partial charge in [-0.2, -0.15) is 0 Å². The third-order valence-corrected chi connectivity index (χ3v) is 5.73. The molecular formula is C20H23N5O2S. The molecule has 3 heterocycles. The van der Waals surface area contributed by atoms with Gasteiger partial charge in [0, 0.05) is 47.9 Å². The molecular weight excluding hydrogens is 374 g/mol. The number of hydrogen-bond acceptors (Lipinski definition) is 7. The second-order valence-corrected chi connectivity index (χ2v) is 8.54. The summed E-state index contributed by atoms with van der Waals surface area (Å²) in [7, 11) is 1.63. The molecule has 0 amide bonds. The molecule has 0 aromatic carbocycles. The summed E-state index contributed by atoms with van der Waals surface area (Å²) in [5.41, 5.74) is 2.56. The maximum atomic E-state index is 12.3. The van der Waals surface area contributed by atoms with Crippen LogP contribution in [0, 0.1) is 19.8 Å². The van der Waals surface area contributed by atoms with Crippen LogP contribution in [0.2, 0.25) is 0 Å². The van der Waals surface area contributed by atoms with E-state index in [1.165, 1.54) is 10.2 Å². The number of hydrogen-bond donors (Lipinski definition) is 1. The minimum absolute atomic E-state index is 0.186. The number of nitrogens with zero attached hydrogens (tertiary/aromatic N) is 4. The largest absolute Gasteiger partial charge is 0.476 e. The van der Waals surface area contributed by atoms with Gasteiger partial charge in [-0.3, -0.25) is 9.78 Å². The van der Waals surface area contributed by atoms with Crippen molar-refractivity contribution in [3.63, 3.8) is 0 Å². The summed E-state index contributed by atoms with van der Waals surface area (Å²) in [4.78, 5) is 22.3. The van der Waals surface area contributed by atoms with Crippen LogP contribution in [-0.4, -0.2) is 26.4 Å². The first-order valence-electron chi connectivity index (χ1n) is 9.28. The van der Waals surface area contributed by atoms with Crippen LogP contribution < -0.4 is 15.6 Å². The van der Waals surface area contributed by atoms with Crippen LogP contribution in [-0.2, 0) is 13.6 Å². The fourth-order valence-electron chi connectivity index (χ4n) is 3.12. The average molecular weight is 398 g/mol. The highest BCUT2D eigenvalue weighted by Crippen LogP contribution is 2.46. The van der Waals surface area contributed by atoms with Crippen molar-refractivity contribution in [2.75, 3.05) is 11.9 Å². The highest BCUT2D eigenvalue weighted by atomic mass is 32.1. The van der Waals surface area contributed by atoms with E-state index in [4.69, 9.17) is 4.74 Å². The zero-order valence-electron chi connectivity index (χ0n) is 16.2. The molecule has 8 heteroatoms. The smallest absolute Gasteiger partial charge is 0.290 e. The van der Waals surface area contributed by atoms with Crippen molar-refractivity contribution < 1.29 is 4.74 Å². The predicted octanol–water partition coefficient (Wildman–Crippen LogP) is 3.04. The maximum Gasteiger partial charge on any atom is 0.290 e. The van der Waals surface area contributed by atoms with Crippen LogP contribution in [0.3, 0.4) is 0 Å². The number of ether oxygens (including phenoxy) is 1. The SMILES string of the molecule is Cc1ccc([C@H]2CC2COc2cc(NCc3ncc(C)s3)c(=O)n(C)n2)nc1. The number of aryl methyl sites for hydroxylation is 3. The van der Waals surface area contributed by atoms with Crippen molar-refractivity contribution in [3.05, 3.63) is 62.1 Å². The lowest BCUT2D eigenvalue weighted by Gasteiger charge is -2.10. The third-order valence-electron chi connectivity index (χ3n) is 4.82. The summed E-state index contributed by atoms with van der Waals surface area (Å²) in [6, 6.07) is 5.85. The second kappa shape index (κ2) is 7.71. The fraction of sp³-hybridized carbons (Fsp3) is 0.400. The van der Waals surface area contributed by atoms with Crippen LogP contribution in [0.5, 0.6) is 5.88 Å². The Hall–Kier alpha value is -2.74. The lowest BCUT2D eigenvalue weighted by molar-refractivity contribution is 0.278. The van der Waals surface area contributed by atoms with E-state index in [1.54, 1.807) is 24.5 Å². The molecule has 0 bridgehead atoms. The van der Waals surface area contributed by atoms with E-state index in [2.05, 4.69) is 32.5 Å². The molecule has 28 heavy (non-hydrogen) atoms. The number of aromatic nitrogens is 4. The van der Waals surface area contributed by atoms with E-state index in [-0.39, 0.29) is 5.56 Å². The Morgan fingerprint density at radius 2 is 2.14 bits per heavy atom. The van der Waals surface area contributed by atoms with Crippen LogP contribution in [0.1, 0.15) is 33.5 Å². The van der Waals surface area contributed by atoms with E-state index >= 15 is 0 Å². The Morgan fingerprint density at radius 3 is 2.86 bits per heavy atom. The van der Waals surface area contributed by atoms with Crippen molar-refractivity contribution in [1.82, 2.24) is 19.7 Å².